The Kier molecular flexibility index (Phi) is 33.3. The highest BCUT2D eigenvalue weighted by Gasteiger charge is 2.49. The van der Waals surface area contributed by atoms with E-state index in [1.165, 1.54) is 0 Å². The van der Waals surface area contributed by atoms with Gasteiger partial charge in [0.05, 0.1) is 103 Å². The number of urea groups is 4. The molecular formula is C83H128ClN21O14. The van der Waals surface area contributed by atoms with Gasteiger partial charge in [0.2, 0.25) is 23.6 Å². The van der Waals surface area contributed by atoms with Crippen LogP contribution in [-0.4, -0.2) is 383 Å². The molecule has 0 spiro atoms. The van der Waals surface area contributed by atoms with E-state index in [1.807, 2.05) is 39.2 Å². The molecule has 13 saturated heterocycles. The number of hydrogen-bond donors (Lipinski definition) is 5. The van der Waals surface area contributed by atoms with Gasteiger partial charge < -0.3 is 105 Å². The number of amides is 12. The molecule has 119 heavy (non-hydrogen) atoms. The molecule has 18 rings (SSSR count). The molecule has 17 atom stereocenters. The molecule has 656 valence electrons. The summed E-state index contributed by atoms with van der Waals surface area (Å²) in [5.74, 6) is 6.27. The zero-order valence-electron chi connectivity index (χ0n) is 69.4. The summed E-state index contributed by atoms with van der Waals surface area (Å²) < 4.78 is 21.2. The molecule has 0 aromatic rings. The van der Waals surface area contributed by atoms with Crippen LogP contribution in [0.4, 0.5) is 19.2 Å². The van der Waals surface area contributed by atoms with Crippen LogP contribution in [0.15, 0.2) is 0 Å². The Morgan fingerprint density at radius 1 is 0.336 bits per heavy atom. The number of nitrogens with two attached hydrogens (primary N) is 1. The van der Waals surface area contributed by atoms with Gasteiger partial charge in [-0.05, 0) is 162 Å². The van der Waals surface area contributed by atoms with Crippen LogP contribution in [0.2, 0.25) is 0 Å². The molecule has 18 fully saturated rings. The van der Waals surface area contributed by atoms with E-state index in [1.54, 1.807) is 19.6 Å². The van der Waals surface area contributed by atoms with Crippen molar-refractivity contribution in [2.24, 2.45) is 64.9 Å². The summed E-state index contributed by atoms with van der Waals surface area (Å²) in [5.41, 5.74) is 5.17. The van der Waals surface area contributed by atoms with E-state index in [9.17, 15) is 47.9 Å². The van der Waals surface area contributed by atoms with E-state index >= 15 is 0 Å². The van der Waals surface area contributed by atoms with E-state index in [0.29, 0.717) is 253 Å². The van der Waals surface area contributed by atoms with Crippen molar-refractivity contribution in [1.29, 1.82) is 21.0 Å². The van der Waals surface area contributed by atoms with Gasteiger partial charge in [0, 0.05) is 175 Å². The van der Waals surface area contributed by atoms with Crippen LogP contribution in [0.1, 0.15) is 116 Å². The lowest BCUT2D eigenvalue weighted by Gasteiger charge is -2.31. The van der Waals surface area contributed by atoms with E-state index in [0.717, 1.165) is 168 Å². The first-order valence-corrected chi connectivity index (χ1v) is 44.2. The van der Waals surface area contributed by atoms with Crippen molar-refractivity contribution in [3.63, 3.8) is 0 Å². The largest absolute Gasteiger partial charge is 0.378 e. The number of carbonyl (C=O) groups excluding carboxylic acids is 10. The highest BCUT2D eigenvalue weighted by Crippen LogP contribution is 2.42. The van der Waals surface area contributed by atoms with Crippen molar-refractivity contribution < 1.29 is 66.9 Å². The molecule has 0 radical (unpaired) electrons. The van der Waals surface area contributed by atoms with Crippen LogP contribution >= 0.6 is 12.4 Å². The monoisotopic (exact) mass is 1680 g/mol. The van der Waals surface area contributed by atoms with Gasteiger partial charge in [-0.15, -0.1) is 12.4 Å². The van der Waals surface area contributed by atoms with Crippen LogP contribution in [-0.2, 0) is 47.7 Å². The van der Waals surface area contributed by atoms with Gasteiger partial charge in [0.15, 0.2) is 0 Å². The minimum atomic E-state index is -0.248. The van der Waals surface area contributed by atoms with Gasteiger partial charge >= 0.3 is 24.1 Å². The minimum absolute atomic E-state index is 0. The molecular weight excluding hydrogens is 1550 g/mol. The summed E-state index contributed by atoms with van der Waals surface area (Å²) in [7, 11) is 0. The number of nitrogens with one attached hydrogen (secondary N) is 4. The summed E-state index contributed by atoms with van der Waals surface area (Å²) >= 11 is 0. The summed E-state index contributed by atoms with van der Waals surface area (Å²) in [5, 5.41) is 49.5. The third-order valence-corrected chi connectivity index (χ3v) is 28.2. The number of rotatable bonds is 10. The first-order chi connectivity index (χ1) is 57.3. The molecule has 5 aliphatic carbocycles. The average Bonchev–Trinajstić information content (AvgIpc) is 1.65. The molecule has 13 heterocycles. The fourth-order valence-electron chi connectivity index (χ4n) is 21.8. The molecule has 36 heteroatoms. The summed E-state index contributed by atoms with van der Waals surface area (Å²) in [6, 6.07) is 9.41. The second-order valence-electron chi connectivity index (χ2n) is 35.6. The van der Waals surface area contributed by atoms with Gasteiger partial charge in [-0.2, -0.15) is 21.0 Å². The van der Waals surface area contributed by atoms with E-state index in [-0.39, 0.29) is 90.9 Å². The summed E-state index contributed by atoms with van der Waals surface area (Å²) in [4.78, 5) is 143. The number of carbonyl (C=O) groups is 10. The Bertz CT molecular complexity index is 3350. The lowest BCUT2D eigenvalue weighted by molar-refractivity contribution is -0.131. The molecule has 6 N–H and O–H groups in total. The van der Waals surface area contributed by atoms with E-state index in [2.05, 4.69) is 45.5 Å². The molecule has 35 nitrogen and oxygen atoms in total. The van der Waals surface area contributed by atoms with Gasteiger partial charge in [0.1, 0.15) is 35.7 Å². The highest BCUT2D eigenvalue weighted by atomic mass is 35.5. The maximum absolute atomic E-state index is 12.6. The molecule has 0 aromatic heterocycles. The Morgan fingerprint density at radius 3 is 0.798 bits per heavy atom. The summed E-state index contributed by atoms with van der Waals surface area (Å²) in [6.07, 6.45) is 16.0. The van der Waals surface area contributed by atoms with Crippen molar-refractivity contribution in [3.05, 3.63) is 0 Å². The molecule has 0 bridgehead atoms. The third-order valence-electron chi connectivity index (χ3n) is 28.2. The van der Waals surface area contributed by atoms with Crippen LogP contribution in [0.5, 0.6) is 0 Å². The van der Waals surface area contributed by atoms with Crippen molar-refractivity contribution in [2.75, 3.05) is 223 Å². The number of hydrogen-bond acceptors (Lipinski definition) is 23. The normalized spacial score (nSPS) is 32.6. The Morgan fingerprint density at radius 2 is 0.563 bits per heavy atom. The minimum Gasteiger partial charge on any atom is -0.378 e. The first kappa shape index (κ1) is 90.4. The smallest absolute Gasteiger partial charge is 0.320 e. The number of ketones is 2. The third kappa shape index (κ3) is 23.3. The predicted octanol–water partition coefficient (Wildman–Crippen LogP) is 1.18. The lowest BCUT2D eigenvalue weighted by atomic mass is 10.0. The highest BCUT2D eigenvalue weighted by molar-refractivity contribution is 5.86. The average molecular weight is 1680 g/mol. The standard InChI is InChI=1S/3C19H29N5O3.C12H18N2O3.C7H11N3O.C7H11NO.ClH/c3*20-10-17-2-1-3-24(17)18(25)11-21-16-8-14-12-23(13-15(14)9-16)19(26)22-4-6-27-7-5-22;15-11-5-9-7-14(8-10(9)6-11)12(16)13-1-3-17-4-2-13;8-4-6-2-1-3-10(6)7(11)5-9;9-7-1-5-3-8-4-6(5)2-7;/h3*14-17,21H,1-9,11-13H2;9-10H,1-8H2;6H,1-3,5,9H2;5-6,8H,1-4H2;1H/t3*14-,15+,16?,17-;9-,10+;6-;5-,6+;/m000.0../s1. The molecule has 18 aliphatic rings. The SMILES string of the molecule is Cl.N#C[C@@H]1CCCN1C(=O)CN.N#C[C@@H]1CCCN1C(=O)CNC1C[C@@H]2CN(C(=O)N3CCOCC3)C[C@@H]2C1.N#C[C@@H]1CCCN1C(=O)CNC1C[C@@H]2CN(C(=O)N3CCOCC3)C[C@@H]2C1.N#C[C@@H]1CCCN1C(=O)CNC1C[C@@H]2CN(C(=O)N3CCOCC3)C[C@@H]2C1.O=C1C[C@@H]2CN(C(=O)N3CCOCC3)C[C@@H]2C1.O=C1C[C@H]2CNC[C@H]2C1. The molecule has 0 aromatic carbocycles. The maximum atomic E-state index is 12.6. The van der Waals surface area contributed by atoms with Crippen LogP contribution in [0.25, 0.3) is 0 Å². The molecule has 13 aliphatic heterocycles. The zero-order valence-corrected chi connectivity index (χ0v) is 70.3. The first-order valence-electron chi connectivity index (χ1n) is 44.2. The van der Waals surface area contributed by atoms with Crippen LogP contribution in [0.3, 0.4) is 0 Å². The summed E-state index contributed by atoms with van der Waals surface area (Å²) in [6.45, 7) is 23.1. The van der Waals surface area contributed by atoms with Crippen molar-refractivity contribution in [1.82, 2.24) is 80.1 Å². The second kappa shape index (κ2) is 43.8. The van der Waals surface area contributed by atoms with Gasteiger partial charge in [-0.25, -0.2) is 19.2 Å². The van der Waals surface area contributed by atoms with Crippen molar-refractivity contribution in [3.8, 4) is 24.3 Å². The van der Waals surface area contributed by atoms with E-state index < -0.39 is 0 Å². The number of morpholine rings is 4. The fourth-order valence-corrected chi connectivity index (χ4v) is 21.8. The van der Waals surface area contributed by atoms with Crippen LogP contribution in [0, 0.1) is 105 Å². The number of fused-ring (bicyclic) bond motifs is 5. The molecule has 5 saturated carbocycles. The molecule has 12 amide bonds. The van der Waals surface area contributed by atoms with Crippen molar-refractivity contribution in [2.45, 2.75) is 158 Å². The Hall–Kier alpha value is -7.81. The van der Waals surface area contributed by atoms with Crippen molar-refractivity contribution >= 4 is 71.7 Å². The number of nitriles is 4. The Balaban J connectivity index is 0.000000136. The van der Waals surface area contributed by atoms with Gasteiger partial charge in [0.25, 0.3) is 0 Å². The predicted molar refractivity (Wildman–Crippen MR) is 434 cm³/mol. The number of likely N-dealkylation sites (tertiary alicyclic amines) is 8. The number of nitrogens with zero attached hydrogens (tertiary/aromatic N) is 16. The molecule has 3 unspecified atom stereocenters. The second-order valence-corrected chi connectivity index (χ2v) is 35.6. The van der Waals surface area contributed by atoms with Gasteiger partial charge in [-0.3, -0.25) is 28.8 Å². The maximum Gasteiger partial charge on any atom is 0.320 e. The number of halogens is 1. The zero-order chi connectivity index (χ0) is 82.8. The topological polar surface area (TPSA) is 416 Å². The fraction of sp³-hybridized carbons (Fsp3) is 0.831. The Labute approximate surface area is 706 Å². The van der Waals surface area contributed by atoms with Gasteiger partial charge in [-0.1, -0.05) is 0 Å². The quantitative estimate of drug-likeness (QED) is 0.205. The number of Topliss-reactive ketones (excluding diaryl/α,β-unsaturated/α-hetero) is 2. The lowest BCUT2D eigenvalue weighted by Crippen LogP contribution is -2.48. The van der Waals surface area contributed by atoms with Crippen LogP contribution < -0.4 is 27.0 Å². The van der Waals surface area contributed by atoms with E-state index in [4.69, 9.17) is 45.7 Å². The number of ether oxygens (including phenoxy) is 4.